The summed E-state index contributed by atoms with van der Waals surface area (Å²) in [5.74, 6) is 0. The molecule has 0 amide bonds. The van der Waals surface area contributed by atoms with Crippen molar-refractivity contribution in [2.45, 2.75) is 58.1 Å². The van der Waals surface area contributed by atoms with Gasteiger partial charge in [-0.25, -0.2) is 0 Å². The SMILES string of the molecule is CC1OCCC1(C)n1c(C(C)(C)C)c[nH]c1=S. The molecular formula is C13H22N2OS. The Bertz CT molecular complexity index is 468. The maximum atomic E-state index is 5.73. The number of hydrogen-bond acceptors (Lipinski definition) is 2. The zero-order valence-electron chi connectivity index (χ0n) is 11.3. The van der Waals surface area contributed by atoms with Crippen LogP contribution in [0.25, 0.3) is 0 Å². The number of hydrogen-bond donors (Lipinski definition) is 1. The van der Waals surface area contributed by atoms with E-state index in [-0.39, 0.29) is 17.1 Å². The van der Waals surface area contributed by atoms with Gasteiger partial charge in [-0.15, -0.1) is 0 Å². The van der Waals surface area contributed by atoms with Gasteiger partial charge in [0.15, 0.2) is 4.77 Å². The molecule has 1 aromatic rings. The average Bonchev–Trinajstić information content (AvgIpc) is 2.72. The van der Waals surface area contributed by atoms with E-state index in [1.807, 2.05) is 6.20 Å². The van der Waals surface area contributed by atoms with Gasteiger partial charge < -0.3 is 14.3 Å². The van der Waals surface area contributed by atoms with E-state index in [4.69, 9.17) is 17.0 Å². The van der Waals surface area contributed by atoms with Crippen LogP contribution in [0.3, 0.4) is 0 Å². The van der Waals surface area contributed by atoms with Crippen LogP contribution >= 0.6 is 12.2 Å². The fraction of sp³-hybridized carbons (Fsp3) is 0.769. The van der Waals surface area contributed by atoms with Crippen molar-refractivity contribution in [1.82, 2.24) is 9.55 Å². The minimum absolute atomic E-state index is 0.0281. The van der Waals surface area contributed by atoms with Crippen LogP contribution in [0.2, 0.25) is 0 Å². The van der Waals surface area contributed by atoms with E-state index in [0.717, 1.165) is 17.8 Å². The van der Waals surface area contributed by atoms with E-state index in [1.54, 1.807) is 0 Å². The zero-order valence-corrected chi connectivity index (χ0v) is 12.1. The summed E-state index contributed by atoms with van der Waals surface area (Å²) < 4.78 is 8.80. The van der Waals surface area contributed by atoms with Crippen LogP contribution in [-0.4, -0.2) is 22.3 Å². The lowest BCUT2D eigenvalue weighted by molar-refractivity contribution is 0.0732. The van der Waals surface area contributed by atoms with E-state index in [2.05, 4.69) is 44.2 Å². The van der Waals surface area contributed by atoms with Crippen molar-refractivity contribution in [1.29, 1.82) is 0 Å². The number of aromatic amines is 1. The summed E-state index contributed by atoms with van der Waals surface area (Å²) in [6.07, 6.45) is 3.26. The van der Waals surface area contributed by atoms with Gasteiger partial charge >= 0.3 is 0 Å². The fourth-order valence-electron chi connectivity index (χ4n) is 2.55. The zero-order chi connectivity index (χ0) is 12.8. The first-order chi connectivity index (χ1) is 7.77. The molecule has 1 N–H and O–H groups in total. The number of nitrogens with zero attached hydrogens (tertiary/aromatic N) is 1. The quantitative estimate of drug-likeness (QED) is 0.779. The summed E-state index contributed by atoms with van der Waals surface area (Å²) in [5, 5.41) is 0. The van der Waals surface area contributed by atoms with E-state index in [1.165, 1.54) is 5.69 Å². The van der Waals surface area contributed by atoms with Crippen LogP contribution in [0.5, 0.6) is 0 Å². The molecule has 0 aromatic carbocycles. The lowest BCUT2D eigenvalue weighted by Gasteiger charge is -2.34. The molecule has 1 aliphatic rings. The third-order valence-corrected chi connectivity index (χ3v) is 4.21. The fourth-order valence-corrected chi connectivity index (χ4v) is 2.91. The molecule has 3 nitrogen and oxygen atoms in total. The van der Waals surface area contributed by atoms with Crippen LogP contribution in [-0.2, 0) is 15.7 Å². The number of aromatic nitrogens is 2. The van der Waals surface area contributed by atoms with E-state index in [0.29, 0.717) is 0 Å². The highest BCUT2D eigenvalue weighted by Crippen LogP contribution is 2.37. The van der Waals surface area contributed by atoms with Gasteiger partial charge in [0.25, 0.3) is 0 Å². The van der Waals surface area contributed by atoms with Crippen molar-refractivity contribution in [3.05, 3.63) is 16.7 Å². The Morgan fingerprint density at radius 1 is 1.53 bits per heavy atom. The first-order valence-electron chi connectivity index (χ1n) is 6.20. The molecule has 0 saturated carbocycles. The third-order valence-electron chi connectivity index (χ3n) is 3.91. The third kappa shape index (κ3) is 1.97. The molecule has 0 spiro atoms. The first-order valence-corrected chi connectivity index (χ1v) is 6.60. The largest absolute Gasteiger partial charge is 0.376 e. The molecule has 2 unspecified atom stereocenters. The highest BCUT2D eigenvalue weighted by Gasteiger charge is 2.41. The van der Waals surface area contributed by atoms with Gasteiger partial charge in [0.2, 0.25) is 0 Å². The van der Waals surface area contributed by atoms with Crippen molar-refractivity contribution in [3.8, 4) is 0 Å². The molecule has 1 aromatic heterocycles. The summed E-state index contributed by atoms with van der Waals surface area (Å²) in [6.45, 7) is 11.8. The molecular weight excluding hydrogens is 232 g/mol. The molecule has 4 heteroatoms. The Hall–Kier alpha value is -0.610. The minimum atomic E-state index is -0.0281. The topological polar surface area (TPSA) is 29.9 Å². The molecule has 2 heterocycles. The first kappa shape index (κ1) is 12.8. The predicted octanol–water partition coefficient (Wildman–Crippen LogP) is 3.37. The number of nitrogens with one attached hydrogen (secondary N) is 1. The van der Waals surface area contributed by atoms with Gasteiger partial charge in [0, 0.05) is 23.9 Å². The smallest absolute Gasteiger partial charge is 0.177 e. The summed E-state index contributed by atoms with van der Waals surface area (Å²) in [5.41, 5.74) is 1.31. The van der Waals surface area contributed by atoms with Gasteiger partial charge in [0.1, 0.15) is 0 Å². The Balaban J connectivity index is 2.59. The summed E-state index contributed by atoms with van der Waals surface area (Å²) in [6, 6.07) is 0. The molecule has 1 fully saturated rings. The molecule has 2 atom stereocenters. The number of imidazole rings is 1. The second kappa shape index (κ2) is 3.95. The van der Waals surface area contributed by atoms with Gasteiger partial charge in [-0.05, 0) is 32.5 Å². The van der Waals surface area contributed by atoms with Gasteiger partial charge in [-0.1, -0.05) is 20.8 Å². The van der Waals surface area contributed by atoms with Crippen LogP contribution < -0.4 is 0 Å². The highest BCUT2D eigenvalue weighted by molar-refractivity contribution is 7.71. The molecule has 17 heavy (non-hydrogen) atoms. The Kier molecular flexibility index (Phi) is 2.99. The van der Waals surface area contributed by atoms with E-state index >= 15 is 0 Å². The highest BCUT2D eigenvalue weighted by atomic mass is 32.1. The summed E-state index contributed by atoms with van der Waals surface area (Å²) >= 11 is 5.46. The number of ether oxygens (including phenoxy) is 1. The monoisotopic (exact) mass is 254 g/mol. The lowest BCUT2D eigenvalue weighted by Crippen LogP contribution is -2.39. The van der Waals surface area contributed by atoms with Crippen molar-refractivity contribution >= 4 is 12.2 Å². The van der Waals surface area contributed by atoms with Crippen LogP contribution in [0.1, 0.15) is 46.7 Å². The maximum absolute atomic E-state index is 5.73. The van der Waals surface area contributed by atoms with Crippen molar-refractivity contribution in [2.75, 3.05) is 6.61 Å². The van der Waals surface area contributed by atoms with Gasteiger partial charge in [-0.3, -0.25) is 0 Å². The number of H-pyrrole nitrogens is 1. The van der Waals surface area contributed by atoms with Gasteiger partial charge in [-0.2, -0.15) is 0 Å². The molecule has 1 aliphatic heterocycles. The maximum Gasteiger partial charge on any atom is 0.177 e. The van der Waals surface area contributed by atoms with Crippen molar-refractivity contribution in [3.63, 3.8) is 0 Å². The number of rotatable bonds is 1. The van der Waals surface area contributed by atoms with E-state index in [9.17, 15) is 0 Å². The normalized spacial score (nSPS) is 29.8. The Labute approximate surface area is 108 Å². The van der Waals surface area contributed by atoms with Crippen LogP contribution in [0.15, 0.2) is 6.20 Å². The van der Waals surface area contributed by atoms with Crippen LogP contribution in [0.4, 0.5) is 0 Å². The lowest BCUT2D eigenvalue weighted by atomic mass is 9.88. The Morgan fingerprint density at radius 2 is 2.18 bits per heavy atom. The predicted molar refractivity (Wildman–Crippen MR) is 72.0 cm³/mol. The van der Waals surface area contributed by atoms with Gasteiger partial charge in [0.05, 0.1) is 11.6 Å². The second-order valence-corrected chi connectivity index (χ2v) is 6.57. The molecule has 96 valence electrons. The summed E-state index contributed by atoms with van der Waals surface area (Å²) in [7, 11) is 0. The minimum Gasteiger partial charge on any atom is -0.376 e. The van der Waals surface area contributed by atoms with Crippen LogP contribution in [0, 0.1) is 4.77 Å². The molecule has 0 bridgehead atoms. The van der Waals surface area contributed by atoms with Crippen molar-refractivity contribution in [2.24, 2.45) is 0 Å². The average molecular weight is 254 g/mol. The second-order valence-electron chi connectivity index (χ2n) is 6.18. The molecule has 1 saturated heterocycles. The molecule has 0 radical (unpaired) electrons. The summed E-state index contributed by atoms with van der Waals surface area (Å²) in [4.78, 5) is 3.19. The standard InChI is InChI=1S/C13H22N2OS/c1-9-13(5,6-7-16-9)15-10(12(2,3)4)8-14-11(15)17/h8-9H,6-7H2,1-5H3,(H,14,17). The Morgan fingerprint density at radius 3 is 2.65 bits per heavy atom. The van der Waals surface area contributed by atoms with E-state index < -0.39 is 0 Å². The van der Waals surface area contributed by atoms with Crippen molar-refractivity contribution < 1.29 is 4.74 Å². The molecule has 0 aliphatic carbocycles. The molecule has 2 rings (SSSR count).